The first kappa shape index (κ1) is 20.4. The second-order valence-electron chi connectivity index (χ2n) is 9.56. The number of amides is 1. The molecule has 0 saturated heterocycles. The summed E-state index contributed by atoms with van der Waals surface area (Å²) in [5.41, 5.74) is 6.84. The van der Waals surface area contributed by atoms with Crippen LogP contribution in [0.3, 0.4) is 0 Å². The van der Waals surface area contributed by atoms with Crippen LogP contribution in [0.15, 0.2) is 30.3 Å². The molecule has 3 heteroatoms. The molecule has 0 spiro atoms. The maximum absolute atomic E-state index is 12.5. The number of rotatable bonds is 4. The number of hydrogen-bond donors (Lipinski definition) is 1. The van der Waals surface area contributed by atoms with Crippen LogP contribution in [0.25, 0.3) is 0 Å². The SMILES string of the molecule is Cc1c(NC(=O)CC(C)(C)C)cc2c(c1C)OCC2c1ccc(C(C)C)cc1. The van der Waals surface area contributed by atoms with E-state index in [1.807, 2.05) is 0 Å². The Morgan fingerprint density at radius 1 is 1.14 bits per heavy atom. The lowest BCUT2D eigenvalue weighted by Crippen LogP contribution is -2.20. The quantitative estimate of drug-likeness (QED) is 0.674. The first-order valence-corrected chi connectivity index (χ1v) is 10.2. The number of hydrogen-bond acceptors (Lipinski definition) is 2. The molecule has 1 heterocycles. The highest BCUT2D eigenvalue weighted by Gasteiger charge is 2.29. The minimum atomic E-state index is -0.0342. The van der Waals surface area contributed by atoms with Gasteiger partial charge in [0.15, 0.2) is 0 Å². The van der Waals surface area contributed by atoms with Gasteiger partial charge in [-0.25, -0.2) is 0 Å². The van der Waals surface area contributed by atoms with Gasteiger partial charge in [0.1, 0.15) is 5.75 Å². The Hall–Kier alpha value is -2.29. The molecular weight excluding hydrogens is 346 g/mol. The van der Waals surface area contributed by atoms with Crippen molar-refractivity contribution in [3.05, 3.63) is 58.1 Å². The largest absolute Gasteiger partial charge is 0.492 e. The van der Waals surface area contributed by atoms with Gasteiger partial charge in [-0.1, -0.05) is 58.9 Å². The van der Waals surface area contributed by atoms with Gasteiger partial charge in [-0.15, -0.1) is 0 Å². The fraction of sp³-hybridized carbons (Fsp3) is 0.480. The maximum Gasteiger partial charge on any atom is 0.224 e. The second kappa shape index (κ2) is 7.62. The molecule has 3 rings (SSSR count). The van der Waals surface area contributed by atoms with Crippen LogP contribution < -0.4 is 10.1 Å². The van der Waals surface area contributed by atoms with E-state index in [0.29, 0.717) is 18.9 Å². The van der Waals surface area contributed by atoms with Crippen molar-refractivity contribution in [2.45, 2.75) is 66.7 Å². The molecule has 1 aliphatic heterocycles. The summed E-state index contributed by atoms with van der Waals surface area (Å²) in [6.07, 6.45) is 0.499. The third-order valence-electron chi connectivity index (χ3n) is 5.61. The van der Waals surface area contributed by atoms with Gasteiger partial charge in [0.05, 0.1) is 6.61 Å². The van der Waals surface area contributed by atoms with Gasteiger partial charge in [0, 0.05) is 23.6 Å². The Kier molecular flexibility index (Phi) is 5.56. The fourth-order valence-electron chi connectivity index (χ4n) is 3.82. The van der Waals surface area contributed by atoms with Gasteiger partial charge >= 0.3 is 0 Å². The Morgan fingerprint density at radius 2 is 1.79 bits per heavy atom. The molecule has 0 fully saturated rings. The minimum Gasteiger partial charge on any atom is -0.492 e. The van der Waals surface area contributed by atoms with Crippen molar-refractivity contribution in [2.24, 2.45) is 5.41 Å². The van der Waals surface area contributed by atoms with Crippen molar-refractivity contribution in [1.82, 2.24) is 0 Å². The highest BCUT2D eigenvalue weighted by Crippen LogP contribution is 2.44. The molecule has 150 valence electrons. The molecule has 1 N–H and O–H groups in total. The van der Waals surface area contributed by atoms with Crippen LogP contribution in [-0.4, -0.2) is 12.5 Å². The molecule has 1 atom stereocenters. The Bertz CT molecular complexity index is 873. The van der Waals surface area contributed by atoms with E-state index < -0.39 is 0 Å². The van der Waals surface area contributed by atoms with Gasteiger partial charge < -0.3 is 10.1 Å². The average Bonchev–Trinajstić information content (AvgIpc) is 3.01. The molecule has 0 saturated carbocycles. The summed E-state index contributed by atoms with van der Waals surface area (Å²) in [4.78, 5) is 12.5. The molecule has 0 bridgehead atoms. The van der Waals surface area contributed by atoms with Crippen molar-refractivity contribution in [3.63, 3.8) is 0 Å². The van der Waals surface area contributed by atoms with Crippen LogP contribution >= 0.6 is 0 Å². The van der Waals surface area contributed by atoms with Gasteiger partial charge in [0.25, 0.3) is 0 Å². The van der Waals surface area contributed by atoms with Crippen LogP contribution in [0.2, 0.25) is 0 Å². The Labute approximate surface area is 169 Å². The van der Waals surface area contributed by atoms with Crippen molar-refractivity contribution >= 4 is 11.6 Å². The van der Waals surface area contributed by atoms with Crippen molar-refractivity contribution in [1.29, 1.82) is 0 Å². The van der Waals surface area contributed by atoms with E-state index in [0.717, 1.165) is 22.6 Å². The highest BCUT2D eigenvalue weighted by molar-refractivity contribution is 5.92. The van der Waals surface area contributed by atoms with E-state index in [9.17, 15) is 4.79 Å². The number of benzene rings is 2. The maximum atomic E-state index is 12.5. The lowest BCUT2D eigenvalue weighted by atomic mass is 9.88. The lowest BCUT2D eigenvalue weighted by Gasteiger charge is -2.20. The summed E-state index contributed by atoms with van der Waals surface area (Å²) < 4.78 is 6.08. The normalized spacial score (nSPS) is 16.1. The van der Waals surface area contributed by atoms with E-state index in [1.54, 1.807) is 0 Å². The number of anilines is 1. The number of fused-ring (bicyclic) bond motifs is 1. The van der Waals surface area contributed by atoms with Crippen molar-refractivity contribution < 1.29 is 9.53 Å². The number of carbonyl (C=O) groups excluding carboxylic acids is 1. The van der Waals surface area contributed by atoms with Crippen molar-refractivity contribution in [2.75, 3.05) is 11.9 Å². The molecule has 3 nitrogen and oxygen atoms in total. The predicted molar refractivity (Wildman–Crippen MR) is 116 cm³/mol. The fourth-order valence-corrected chi connectivity index (χ4v) is 3.82. The van der Waals surface area contributed by atoms with Crippen LogP contribution in [0.1, 0.15) is 80.7 Å². The van der Waals surface area contributed by atoms with Crippen LogP contribution in [0.4, 0.5) is 5.69 Å². The molecule has 2 aromatic carbocycles. The molecule has 1 aliphatic rings. The number of nitrogens with one attached hydrogen (secondary N) is 1. The smallest absolute Gasteiger partial charge is 0.224 e. The summed E-state index contributed by atoms with van der Waals surface area (Å²) in [5.74, 6) is 1.76. The number of carbonyl (C=O) groups is 1. The third-order valence-corrected chi connectivity index (χ3v) is 5.61. The summed E-state index contributed by atoms with van der Waals surface area (Å²) in [7, 11) is 0. The van der Waals surface area contributed by atoms with E-state index >= 15 is 0 Å². The van der Waals surface area contributed by atoms with Crippen LogP contribution in [0.5, 0.6) is 5.75 Å². The monoisotopic (exact) mass is 379 g/mol. The lowest BCUT2D eigenvalue weighted by molar-refractivity contribution is -0.117. The summed E-state index contributed by atoms with van der Waals surface area (Å²) in [6, 6.07) is 11.0. The second-order valence-corrected chi connectivity index (χ2v) is 9.56. The van der Waals surface area contributed by atoms with E-state index in [1.165, 1.54) is 16.7 Å². The van der Waals surface area contributed by atoms with Crippen LogP contribution in [0, 0.1) is 19.3 Å². The molecule has 0 aromatic heterocycles. The minimum absolute atomic E-state index is 0.0342. The molecule has 1 unspecified atom stereocenters. The highest BCUT2D eigenvalue weighted by atomic mass is 16.5. The van der Waals surface area contributed by atoms with E-state index in [-0.39, 0.29) is 17.2 Å². The summed E-state index contributed by atoms with van der Waals surface area (Å²) in [5, 5.41) is 3.14. The summed E-state index contributed by atoms with van der Waals surface area (Å²) >= 11 is 0. The van der Waals surface area contributed by atoms with E-state index in [2.05, 4.69) is 84.1 Å². The first-order valence-electron chi connectivity index (χ1n) is 10.2. The van der Waals surface area contributed by atoms with E-state index in [4.69, 9.17) is 4.74 Å². The molecule has 0 aliphatic carbocycles. The van der Waals surface area contributed by atoms with Gasteiger partial charge in [0.2, 0.25) is 5.91 Å². The van der Waals surface area contributed by atoms with Gasteiger partial charge in [-0.2, -0.15) is 0 Å². The molecule has 1 amide bonds. The van der Waals surface area contributed by atoms with Crippen LogP contribution in [-0.2, 0) is 4.79 Å². The van der Waals surface area contributed by atoms with Gasteiger partial charge in [-0.05, 0) is 53.5 Å². The molecule has 0 radical (unpaired) electrons. The summed E-state index contributed by atoms with van der Waals surface area (Å²) in [6.45, 7) is 15.4. The molecule has 2 aromatic rings. The molecular formula is C25H33NO2. The zero-order chi connectivity index (χ0) is 20.6. The third kappa shape index (κ3) is 4.24. The topological polar surface area (TPSA) is 38.3 Å². The standard InChI is InChI=1S/C25H33NO2/c1-15(2)18-8-10-19(11-9-18)21-14-28-24-17(4)16(3)22(12-20(21)24)26-23(27)13-25(5,6)7/h8-12,15,21H,13-14H2,1-7H3,(H,26,27). The first-order chi connectivity index (χ1) is 13.1. The average molecular weight is 380 g/mol. The predicted octanol–water partition coefficient (Wildman–Crippen LogP) is 6.33. The Morgan fingerprint density at radius 3 is 2.36 bits per heavy atom. The Balaban J connectivity index is 1.92. The van der Waals surface area contributed by atoms with Gasteiger partial charge in [-0.3, -0.25) is 4.79 Å². The zero-order valence-electron chi connectivity index (χ0n) is 18.3. The number of ether oxygens (including phenoxy) is 1. The molecule has 28 heavy (non-hydrogen) atoms. The van der Waals surface area contributed by atoms with Crippen molar-refractivity contribution in [3.8, 4) is 5.75 Å². The zero-order valence-corrected chi connectivity index (χ0v) is 18.3.